The Morgan fingerprint density at radius 1 is 0.841 bits per heavy atom. The first-order valence-electron chi connectivity index (χ1n) is 15.6. The van der Waals surface area contributed by atoms with E-state index >= 15 is 0 Å². The van der Waals surface area contributed by atoms with Gasteiger partial charge < -0.3 is 29.9 Å². The number of ether oxygens (including phenoxy) is 2. The second-order valence-corrected chi connectivity index (χ2v) is 11.5. The number of anilines is 1. The molecule has 0 saturated heterocycles. The first-order valence-corrected chi connectivity index (χ1v) is 15.6. The van der Waals surface area contributed by atoms with Gasteiger partial charge in [-0.05, 0) is 91.0 Å². The Kier molecular flexibility index (Phi) is 12.6. The van der Waals surface area contributed by atoms with Gasteiger partial charge in [0.1, 0.15) is 6.61 Å². The summed E-state index contributed by atoms with van der Waals surface area (Å²) in [6.45, 7) is 0.430. The molecule has 2 unspecified atom stereocenters. The molecule has 1 amide bonds. The van der Waals surface area contributed by atoms with Crippen LogP contribution in [0, 0.1) is 0 Å². The molecule has 0 fully saturated rings. The molecule has 0 heterocycles. The van der Waals surface area contributed by atoms with Crippen LogP contribution in [0.2, 0.25) is 0 Å². The van der Waals surface area contributed by atoms with Gasteiger partial charge in [0.2, 0.25) is 0 Å². The van der Waals surface area contributed by atoms with Gasteiger partial charge in [-0.3, -0.25) is 4.79 Å². The normalized spacial score (nSPS) is 13.8. The van der Waals surface area contributed by atoms with Crippen molar-refractivity contribution in [2.45, 2.75) is 70.0 Å². The number of nitrogens with one attached hydrogen (secondary N) is 1. The fourth-order valence-electron chi connectivity index (χ4n) is 5.67. The molecule has 3 N–H and O–H groups in total. The van der Waals surface area contributed by atoms with Crippen LogP contribution >= 0.6 is 0 Å². The van der Waals surface area contributed by atoms with E-state index in [0.29, 0.717) is 19.5 Å². The van der Waals surface area contributed by atoms with Crippen molar-refractivity contribution in [2.75, 3.05) is 38.7 Å². The van der Waals surface area contributed by atoms with Gasteiger partial charge in [-0.2, -0.15) is 0 Å². The number of amides is 1. The third kappa shape index (κ3) is 9.79. The maximum atomic E-state index is 13.3. The molecule has 1 aliphatic rings. The van der Waals surface area contributed by atoms with Gasteiger partial charge in [0.25, 0.3) is 5.91 Å². The largest absolute Gasteiger partial charge is 0.480 e. The van der Waals surface area contributed by atoms with E-state index in [9.17, 15) is 19.5 Å². The number of carboxylic acids is 2. The maximum Gasteiger partial charge on any atom is 0.336 e. The van der Waals surface area contributed by atoms with E-state index in [0.717, 1.165) is 50.6 Å². The van der Waals surface area contributed by atoms with Crippen LogP contribution in [0.3, 0.4) is 0 Å². The molecule has 236 valence electrons. The van der Waals surface area contributed by atoms with E-state index in [1.807, 2.05) is 12.1 Å². The van der Waals surface area contributed by atoms with Crippen molar-refractivity contribution in [3.8, 4) is 0 Å². The summed E-state index contributed by atoms with van der Waals surface area (Å²) in [7, 11) is 1.61. The molecule has 0 spiro atoms. The summed E-state index contributed by atoms with van der Waals surface area (Å²) in [6.07, 6.45) is 5.14. The van der Waals surface area contributed by atoms with E-state index < -0.39 is 36.7 Å². The van der Waals surface area contributed by atoms with Crippen molar-refractivity contribution in [1.82, 2.24) is 4.90 Å². The zero-order valence-electron chi connectivity index (χ0n) is 25.5. The van der Waals surface area contributed by atoms with Crippen molar-refractivity contribution in [3.05, 3.63) is 77.4 Å². The van der Waals surface area contributed by atoms with Gasteiger partial charge >= 0.3 is 11.9 Å². The molecule has 0 radical (unpaired) electrons. The fourth-order valence-corrected chi connectivity index (χ4v) is 5.67. The van der Waals surface area contributed by atoms with Gasteiger partial charge in [-0.1, -0.05) is 55.0 Å². The number of benzene rings is 3. The molecule has 0 saturated carbocycles. The van der Waals surface area contributed by atoms with Crippen LogP contribution in [0.5, 0.6) is 0 Å². The van der Waals surface area contributed by atoms with Gasteiger partial charge in [-0.15, -0.1) is 0 Å². The number of fused-ring (bicyclic) bond motifs is 2. The minimum absolute atomic E-state index is 0.141. The minimum Gasteiger partial charge on any atom is -0.480 e. The molecule has 0 aromatic heterocycles. The predicted octanol–water partition coefficient (Wildman–Crippen LogP) is 5.33. The fraction of sp³-hybridized carbons (Fsp3) is 0.457. The number of carboxylic acid groups (broad SMARTS) is 2. The molecule has 2 atom stereocenters. The van der Waals surface area contributed by atoms with E-state index in [2.05, 4.69) is 53.8 Å². The first-order chi connectivity index (χ1) is 21.3. The van der Waals surface area contributed by atoms with Gasteiger partial charge in [-0.25, -0.2) is 9.59 Å². The number of aryl methyl sites for hydroxylation is 3. The standard InChI is InChI=1S/C35H44N2O7/c1-37(20-7-2-3-10-25-15-16-26-11-4-5-12-28(26)22-25)34(40)32(33(35(41)42)44-24-31(38)39)43-21-8-6-19-36-30-18-17-27-13-9-14-29(27)23-30/h4-5,11-12,15-18,22-23,32-33,36H,2-3,6-10,13-14,19-21,24H2,1H3,(H,38,39)(H,41,42). The molecule has 0 bridgehead atoms. The Labute approximate surface area is 259 Å². The third-order valence-corrected chi connectivity index (χ3v) is 8.09. The molecule has 3 aromatic carbocycles. The molecule has 1 aliphatic carbocycles. The highest BCUT2D eigenvalue weighted by Gasteiger charge is 2.37. The Morgan fingerprint density at radius 3 is 2.43 bits per heavy atom. The zero-order chi connectivity index (χ0) is 31.3. The lowest BCUT2D eigenvalue weighted by molar-refractivity contribution is -0.175. The highest BCUT2D eigenvalue weighted by atomic mass is 16.6. The predicted molar refractivity (Wildman–Crippen MR) is 170 cm³/mol. The smallest absolute Gasteiger partial charge is 0.336 e. The van der Waals surface area contributed by atoms with Gasteiger partial charge in [0.15, 0.2) is 12.2 Å². The second kappa shape index (κ2) is 16.8. The number of rotatable bonds is 19. The summed E-state index contributed by atoms with van der Waals surface area (Å²) in [5.41, 5.74) is 5.16. The summed E-state index contributed by atoms with van der Waals surface area (Å²) in [5.74, 6) is -3.29. The van der Waals surface area contributed by atoms with Crippen molar-refractivity contribution in [3.63, 3.8) is 0 Å². The summed E-state index contributed by atoms with van der Waals surface area (Å²) in [6, 6.07) is 21.2. The van der Waals surface area contributed by atoms with Crippen molar-refractivity contribution in [1.29, 1.82) is 0 Å². The Morgan fingerprint density at radius 2 is 1.64 bits per heavy atom. The number of hydrogen-bond acceptors (Lipinski definition) is 6. The lowest BCUT2D eigenvalue weighted by atomic mass is 10.0. The molecule has 9 nitrogen and oxygen atoms in total. The number of nitrogens with zero attached hydrogens (tertiary/aromatic N) is 1. The Bertz CT molecular complexity index is 1410. The van der Waals surface area contributed by atoms with Crippen molar-refractivity contribution < 1.29 is 34.1 Å². The highest BCUT2D eigenvalue weighted by molar-refractivity contribution is 5.88. The molecular formula is C35H44N2O7. The average Bonchev–Trinajstić information content (AvgIpc) is 3.49. The SMILES string of the molecule is CN(CCCCCc1ccc2ccccc2c1)C(=O)C(OCCCCNc1ccc2c(c1)CCC2)C(OCC(=O)O)C(=O)O. The molecule has 3 aromatic rings. The molecular weight excluding hydrogens is 560 g/mol. The Hall–Kier alpha value is -3.95. The van der Waals surface area contributed by atoms with Crippen LogP contribution in [0.15, 0.2) is 60.7 Å². The van der Waals surface area contributed by atoms with Crippen LogP contribution in [0.4, 0.5) is 5.69 Å². The first kappa shape index (κ1) is 33.0. The number of carbonyl (C=O) groups excluding carboxylic acids is 1. The van der Waals surface area contributed by atoms with Crippen molar-refractivity contribution in [2.24, 2.45) is 0 Å². The third-order valence-electron chi connectivity index (χ3n) is 8.09. The molecule has 4 rings (SSSR count). The summed E-state index contributed by atoms with van der Waals surface area (Å²) in [4.78, 5) is 37.9. The van der Waals surface area contributed by atoms with Crippen molar-refractivity contribution >= 4 is 34.3 Å². The molecule has 0 aliphatic heterocycles. The zero-order valence-corrected chi connectivity index (χ0v) is 25.5. The number of carbonyl (C=O) groups is 3. The van der Waals surface area contributed by atoms with E-state index in [-0.39, 0.29) is 6.61 Å². The van der Waals surface area contributed by atoms with Gasteiger partial charge in [0, 0.05) is 32.4 Å². The summed E-state index contributed by atoms with van der Waals surface area (Å²) < 4.78 is 10.9. The van der Waals surface area contributed by atoms with Crippen LogP contribution in [-0.4, -0.2) is 78.5 Å². The van der Waals surface area contributed by atoms with Gasteiger partial charge in [0.05, 0.1) is 0 Å². The monoisotopic (exact) mass is 604 g/mol. The highest BCUT2D eigenvalue weighted by Crippen LogP contribution is 2.25. The van der Waals surface area contributed by atoms with Crippen LogP contribution < -0.4 is 5.32 Å². The van der Waals surface area contributed by atoms with E-state index in [1.54, 1.807) is 7.05 Å². The number of hydrogen-bond donors (Lipinski definition) is 3. The van der Waals surface area contributed by atoms with Crippen LogP contribution in [0.1, 0.15) is 55.2 Å². The summed E-state index contributed by atoms with van der Waals surface area (Å²) in [5, 5.41) is 24.6. The molecule has 9 heteroatoms. The summed E-state index contributed by atoms with van der Waals surface area (Å²) >= 11 is 0. The number of likely N-dealkylation sites (N-methyl/N-ethyl adjacent to an activating group) is 1. The average molecular weight is 605 g/mol. The quantitative estimate of drug-likeness (QED) is 0.157. The second-order valence-electron chi connectivity index (χ2n) is 11.5. The van der Waals surface area contributed by atoms with Crippen LogP contribution in [0.25, 0.3) is 10.8 Å². The van der Waals surface area contributed by atoms with Crippen LogP contribution in [-0.2, 0) is 43.1 Å². The number of aliphatic carboxylic acids is 2. The topological polar surface area (TPSA) is 125 Å². The Balaban J connectivity index is 1.23. The lowest BCUT2D eigenvalue weighted by Crippen LogP contribution is -2.50. The minimum atomic E-state index is -1.72. The number of unbranched alkanes of at least 4 members (excludes halogenated alkanes) is 3. The van der Waals surface area contributed by atoms with E-state index in [4.69, 9.17) is 14.6 Å². The molecule has 44 heavy (non-hydrogen) atoms. The lowest BCUT2D eigenvalue weighted by Gasteiger charge is -2.27. The maximum absolute atomic E-state index is 13.3. The van der Waals surface area contributed by atoms with E-state index in [1.165, 1.54) is 38.8 Å².